The maximum Gasteiger partial charge on any atom is 0.417 e. The third kappa shape index (κ3) is 2.63. The molecule has 0 aliphatic carbocycles. The summed E-state index contributed by atoms with van der Waals surface area (Å²) in [7, 11) is 0. The van der Waals surface area contributed by atoms with Crippen molar-refractivity contribution < 1.29 is 13.2 Å². The summed E-state index contributed by atoms with van der Waals surface area (Å²) < 4.78 is 39.8. The molecule has 0 N–H and O–H groups in total. The van der Waals surface area contributed by atoms with Gasteiger partial charge in [-0.2, -0.15) is 23.5 Å². The molecule has 0 radical (unpaired) electrons. The molecule has 2 aromatic rings. The Balaban J connectivity index is 2.52. The first kappa shape index (κ1) is 14.4. The van der Waals surface area contributed by atoms with Crippen molar-refractivity contribution in [3.8, 4) is 11.8 Å². The molecule has 20 heavy (non-hydrogen) atoms. The van der Waals surface area contributed by atoms with Gasteiger partial charge >= 0.3 is 6.18 Å². The SMILES string of the molecule is Cc1c(CC#N)cnn1-c1ccc(Cl)c(C(F)(F)F)c1. The van der Waals surface area contributed by atoms with Crippen LogP contribution >= 0.6 is 11.6 Å². The van der Waals surface area contributed by atoms with Gasteiger partial charge in [0.25, 0.3) is 0 Å². The van der Waals surface area contributed by atoms with Crippen LogP contribution in [0.2, 0.25) is 5.02 Å². The number of hydrogen-bond donors (Lipinski definition) is 0. The minimum atomic E-state index is -4.52. The van der Waals surface area contributed by atoms with Gasteiger partial charge < -0.3 is 0 Å². The summed E-state index contributed by atoms with van der Waals surface area (Å²) in [5.41, 5.74) is 0.648. The number of halogens is 4. The fourth-order valence-electron chi connectivity index (χ4n) is 1.82. The van der Waals surface area contributed by atoms with Gasteiger partial charge in [0.15, 0.2) is 0 Å². The molecule has 0 spiro atoms. The van der Waals surface area contributed by atoms with Crippen LogP contribution in [-0.4, -0.2) is 9.78 Å². The van der Waals surface area contributed by atoms with Crippen molar-refractivity contribution >= 4 is 11.6 Å². The van der Waals surface area contributed by atoms with E-state index in [0.717, 1.165) is 6.07 Å². The van der Waals surface area contributed by atoms with Gasteiger partial charge in [0.2, 0.25) is 0 Å². The van der Waals surface area contributed by atoms with Crippen molar-refractivity contribution in [3.05, 3.63) is 46.2 Å². The van der Waals surface area contributed by atoms with E-state index in [9.17, 15) is 13.2 Å². The molecule has 2 rings (SSSR count). The lowest BCUT2D eigenvalue weighted by Gasteiger charge is -2.12. The van der Waals surface area contributed by atoms with E-state index in [4.69, 9.17) is 16.9 Å². The second-order valence-corrected chi connectivity index (χ2v) is 4.57. The summed E-state index contributed by atoms with van der Waals surface area (Å²) in [4.78, 5) is 0. The molecule has 104 valence electrons. The molecule has 0 unspecified atom stereocenters. The number of aromatic nitrogens is 2. The van der Waals surface area contributed by atoms with Crippen LogP contribution in [0.3, 0.4) is 0 Å². The first-order chi connectivity index (χ1) is 9.34. The number of nitrogens with zero attached hydrogens (tertiary/aromatic N) is 3. The third-order valence-corrected chi connectivity index (χ3v) is 3.21. The number of hydrogen-bond acceptors (Lipinski definition) is 2. The third-order valence-electron chi connectivity index (χ3n) is 2.88. The molecule has 0 amide bonds. The van der Waals surface area contributed by atoms with Gasteiger partial charge in [-0.1, -0.05) is 11.6 Å². The Labute approximate surface area is 118 Å². The summed E-state index contributed by atoms with van der Waals surface area (Å²) >= 11 is 5.57. The van der Waals surface area contributed by atoms with E-state index in [1.54, 1.807) is 6.92 Å². The average molecular weight is 300 g/mol. The normalized spacial score (nSPS) is 11.4. The monoisotopic (exact) mass is 299 g/mol. The highest BCUT2D eigenvalue weighted by Crippen LogP contribution is 2.35. The zero-order chi connectivity index (χ0) is 14.9. The Morgan fingerprint density at radius 2 is 2.10 bits per heavy atom. The smallest absolute Gasteiger partial charge is 0.238 e. The van der Waals surface area contributed by atoms with E-state index in [1.807, 2.05) is 6.07 Å². The molecule has 0 atom stereocenters. The van der Waals surface area contributed by atoms with Gasteiger partial charge in [-0.3, -0.25) is 0 Å². The summed E-state index contributed by atoms with van der Waals surface area (Å²) in [5.74, 6) is 0. The summed E-state index contributed by atoms with van der Waals surface area (Å²) in [6.45, 7) is 1.70. The van der Waals surface area contributed by atoms with Gasteiger partial charge in [0.05, 0.1) is 35.0 Å². The lowest BCUT2D eigenvalue weighted by atomic mass is 10.1. The number of benzene rings is 1. The minimum Gasteiger partial charge on any atom is -0.238 e. The van der Waals surface area contributed by atoms with Crippen molar-refractivity contribution in [2.75, 3.05) is 0 Å². The van der Waals surface area contributed by atoms with E-state index < -0.39 is 11.7 Å². The second-order valence-electron chi connectivity index (χ2n) is 4.16. The van der Waals surface area contributed by atoms with Crippen molar-refractivity contribution in [3.63, 3.8) is 0 Å². The summed E-state index contributed by atoms with van der Waals surface area (Å²) in [6, 6.07) is 5.56. The van der Waals surface area contributed by atoms with E-state index in [1.165, 1.54) is 23.0 Å². The largest absolute Gasteiger partial charge is 0.417 e. The van der Waals surface area contributed by atoms with Crippen LogP contribution in [0.1, 0.15) is 16.8 Å². The molecule has 0 bridgehead atoms. The molecule has 1 aromatic carbocycles. The molecular formula is C13H9ClF3N3. The van der Waals surface area contributed by atoms with Crippen LogP contribution in [0, 0.1) is 18.3 Å². The van der Waals surface area contributed by atoms with E-state index in [0.29, 0.717) is 11.3 Å². The van der Waals surface area contributed by atoms with Crippen LogP contribution in [0.5, 0.6) is 0 Å². The molecule has 1 aromatic heterocycles. The highest BCUT2D eigenvalue weighted by atomic mass is 35.5. The van der Waals surface area contributed by atoms with Crippen molar-refractivity contribution in [1.82, 2.24) is 9.78 Å². The molecule has 0 fully saturated rings. The van der Waals surface area contributed by atoms with Gasteiger partial charge in [-0.15, -0.1) is 0 Å². The molecule has 0 aliphatic rings. The van der Waals surface area contributed by atoms with Crippen LogP contribution in [0.25, 0.3) is 5.69 Å². The Morgan fingerprint density at radius 3 is 2.70 bits per heavy atom. The van der Waals surface area contributed by atoms with Crippen LogP contribution in [-0.2, 0) is 12.6 Å². The number of alkyl halides is 3. The lowest BCUT2D eigenvalue weighted by molar-refractivity contribution is -0.137. The Hall–Kier alpha value is -2.00. The number of nitriles is 1. The first-order valence-electron chi connectivity index (χ1n) is 5.62. The lowest BCUT2D eigenvalue weighted by Crippen LogP contribution is -2.08. The quantitative estimate of drug-likeness (QED) is 0.843. The molecule has 0 saturated carbocycles. The van der Waals surface area contributed by atoms with Gasteiger partial charge in [-0.05, 0) is 25.1 Å². The van der Waals surface area contributed by atoms with Crippen LogP contribution in [0.4, 0.5) is 13.2 Å². The molecule has 0 saturated heterocycles. The van der Waals surface area contributed by atoms with Crippen molar-refractivity contribution in [2.24, 2.45) is 0 Å². The molecule has 0 aliphatic heterocycles. The second kappa shape index (κ2) is 5.17. The predicted octanol–water partition coefficient (Wildman–Crippen LogP) is 3.92. The van der Waals surface area contributed by atoms with Crippen molar-refractivity contribution in [2.45, 2.75) is 19.5 Å². The highest BCUT2D eigenvalue weighted by molar-refractivity contribution is 6.31. The van der Waals surface area contributed by atoms with Gasteiger partial charge in [0, 0.05) is 11.3 Å². The maximum absolute atomic E-state index is 12.8. The number of rotatable bonds is 2. The molecule has 1 heterocycles. The van der Waals surface area contributed by atoms with Crippen molar-refractivity contribution in [1.29, 1.82) is 5.26 Å². The highest BCUT2D eigenvalue weighted by Gasteiger charge is 2.33. The summed E-state index contributed by atoms with van der Waals surface area (Å²) in [5, 5.41) is 12.3. The Kier molecular flexibility index (Phi) is 3.73. The average Bonchev–Trinajstić information content (AvgIpc) is 2.71. The zero-order valence-electron chi connectivity index (χ0n) is 10.4. The van der Waals surface area contributed by atoms with E-state index >= 15 is 0 Å². The first-order valence-corrected chi connectivity index (χ1v) is 6.00. The molecule has 3 nitrogen and oxygen atoms in total. The van der Waals surface area contributed by atoms with Gasteiger partial charge in [-0.25, -0.2) is 4.68 Å². The predicted molar refractivity (Wildman–Crippen MR) is 67.6 cm³/mol. The topological polar surface area (TPSA) is 41.6 Å². The summed E-state index contributed by atoms with van der Waals surface area (Å²) in [6.07, 6.45) is -2.89. The van der Waals surface area contributed by atoms with Gasteiger partial charge in [0.1, 0.15) is 0 Å². The van der Waals surface area contributed by atoms with Crippen LogP contribution < -0.4 is 0 Å². The van der Waals surface area contributed by atoms with Crippen LogP contribution in [0.15, 0.2) is 24.4 Å². The standard InChI is InChI=1S/C13H9ClF3N3/c1-8-9(4-5-18)7-19-20(8)10-2-3-12(14)11(6-10)13(15,16)17/h2-3,6-7H,4H2,1H3. The fraction of sp³-hybridized carbons (Fsp3) is 0.231. The maximum atomic E-state index is 12.8. The fourth-order valence-corrected chi connectivity index (χ4v) is 2.05. The molecule has 7 heteroatoms. The van der Waals surface area contributed by atoms with E-state index in [-0.39, 0.29) is 17.1 Å². The van der Waals surface area contributed by atoms with E-state index in [2.05, 4.69) is 5.10 Å². The Bertz CT molecular complexity index is 683. The zero-order valence-corrected chi connectivity index (χ0v) is 11.1. The minimum absolute atomic E-state index is 0.158. The Morgan fingerprint density at radius 1 is 1.40 bits per heavy atom. The molecular weight excluding hydrogens is 291 g/mol.